The van der Waals surface area contributed by atoms with Crippen molar-refractivity contribution in [1.29, 1.82) is 0 Å². The van der Waals surface area contributed by atoms with E-state index in [2.05, 4.69) is 42.6 Å². The largest absolute Gasteiger partial charge is 0.494 e. The molecule has 0 amide bonds. The number of rotatable bonds is 4. The van der Waals surface area contributed by atoms with E-state index < -0.39 is 0 Å². The third-order valence-electron chi connectivity index (χ3n) is 6.02. The number of pyridine rings is 1. The van der Waals surface area contributed by atoms with Gasteiger partial charge in [0, 0.05) is 40.9 Å². The summed E-state index contributed by atoms with van der Waals surface area (Å²) in [5.41, 5.74) is 8.60. The van der Waals surface area contributed by atoms with Crippen LogP contribution in [-0.2, 0) is 11.2 Å². The fourth-order valence-corrected chi connectivity index (χ4v) is 4.59. The van der Waals surface area contributed by atoms with Crippen LogP contribution in [0.1, 0.15) is 43.9 Å². The lowest BCUT2D eigenvalue weighted by atomic mass is 9.84. The Balaban J connectivity index is 1.64. The van der Waals surface area contributed by atoms with Gasteiger partial charge in [0.25, 0.3) is 0 Å². The molecule has 0 saturated carbocycles. The summed E-state index contributed by atoms with van der Waals surface area (Å²) >= 11 is 0. The topological polar surface area (TPSA) is 51.2 Å². The molecule has 5 rings (SSSR count). The Kier molecular flexibility index (Phi) is 4.78. The molecule has 2 heterocycles. The van der Waals surface area contributed by atoms with Gasteiger partial charge in [-0.1, -0.05) is 19.1 Å². The molecule has 3 aromatic rings. The van der Waals surface area contributed by atoms with Gasteiger partial charge >= 0.3 is 0 Å². The van der Waals surface area contributed by atoms with Crippen LogP contribution < -0.4 is 10.1 Å². The number of ketones is 1. The highest BCUT2D eigenvalue weighted by molar-refractivity contribution is 6.04. The number of hydrogen-bond acceptors (Lipinski definition) is 4. The molecular formula is C26H26N2O2. The first-order valence-corrected chi connectivity index (χ1v) is 10.8. The highest BCUT2D eigenvalue weighted by Gasteiger charge is 2.27. The Morgan fingerprint density at radius 1 is 1.10 bits per heavy atom. The van der Waals surface area contributed by atoms with Crippen molar-refractivity contribution in [3.05, 3.63) is 65.0 Å². The molecule has 0 radical (unpaired) electrons. The number of Topliss-reactive ketones (excluding diaryl/α,β-unsaturated/α-hetero) is 1. The van der Waals surface area contributed by atoms with Gasteiger partial charge in [0.1, 0.15) is 5.75 Å². The third-order valence-corrected chi connectivity index (χ3v) is 6.02. The Morgan fingerprint density at radius 2 is 1.93 bits per heavy atom. The van der Waals surface area contributed by atoms with Crippen molar-refractivity contribution >= 4 is 22.4 Å². The molecule has 0 spiro atoms. The van der Waals surface area contributed by atoms with Crippen LogP contribution in [0.25, 0.3) is 22.0 Å². The maximum atomic E-state index is 12.6. The number of hydrogen-bond donors (Lipinski definition) is 1. The number of allylic oxidation sites excluding steroid dienone is 2. The summed E-state index contributed by atoms with van der Waals surface area (Å²) in [6.45, 7) is 4.86. The van der Waals surface area contributed by atoms with Gasteiger partial charge in [0.2, 0.25) is 0 Å². The molecule has 1 N–H and O–H groups in total. The summed E-state index contributed by atoms with van der Waals surface area (Å²) in [5.74, 6) is 1.17. The van der Waals surface area contributed by atoms with Gasteiger partial charge in [-0.05, 0) is 73.2 Å². The van der Waals surface area contributed by atoms with Crippen LogP contribution in [0.3, 0.4) is 0 Å². The van der Waals surface area contributed by atoms with E-state index in [0.29, 0.717) is 12.8 Å². The summed E-state index contributed by atoms with van der Waals surface area (Å²) in [6, 6.07) is 14.6. The molecular weight excluding hydrogens is 372 g/mol. The van der Waals surface area contributed by atoms with E-state index in [0.717, 1.165) is 76.3 Å². The maximum Gasteiger partial charge on any atom is 0.160 e. The molecule has 1 aliphatic heterocycles. The number of fused-ring (bicyclic) bond motifs is 3. The zero-order valence-electron chi connectivity index (χ0n) is 17.5. The van der Waals surface area contributed by atoms with Crippen LogP contribution in [0.15, 0.2) is 53.7 Å². The number of anilines is 1. The van der Waals surface area contributed by atoms with Crippen LogP contribution in [-0.4, -0.2) is 17.4 Å². The molecule has 152 valence electrons. The van der Waals surface area contributed by atoms with Gasteiger partial charge < -0.3 is 10.1 Å². The molecule has 2 aliphatic rings. The average Bonchev–Trinajstić information content (AvgIpc) is 2.76. The molecule has 4 heteroatoms. The van der Waals surface area contributed by atoms with E-state index in [4.69, 9.17) is 9.72 Å². The fraction of sp³-hybridized carbons (Fsp3) is 0.308. The number of carbonyl (C=O) groups is 1. The van der Waals surface area contributed by atoms with Gasteiger partial charge in [-0.3, -0.25) is 9.78 Å². The first kappa shape index (κ1) is 18.9. The average molecular weight is 399 g/mol. The fourth-order valence-electron chi connectivity index (χ4n) is 4.59. The minimum Gasteiger partial charge on any atom is -0.494 e. The van der Waals surface area contributed by atoms with Crippen LogP contribution in [0.4, 0.5) is 5.69 Å². The van der Waals surface area contributed by atoms with Gasteiger partial charge in [-0.2, -0.15) is 0 Å². The maximum absolute atomic E-state index is 12.6. The van der Waals surface area contributed by atoms with Gasteiger partial charge in [0.15, 0.2) is 5.78 Å². The van der Waals surface area contributed by atoms with E-state index in [1.54, 1.807) is 0 Å². The molecule has 0 saturated heterocycles. The lowest BCUT2D eigenvalue weighted by Crippen LogP contribution is -2.22. The molecule has 0 atom stereocenters. The molecule has 30 heavy (non-hydrogen) atoms. The first-order valence-electron chi connectivity index (χ1n) is 10.8. The highest BCUT2D eigenvalue weighted by atomic mass is 16.5. The molecule has 0 unspecified atom stereocenters. The number of nitrogens with one attached hydrogen (secondary N) is 1. The molecule has 2 aromatic carbocycles. The zero-order chi connectivity index (χ0) is 20.7. The van der Waals surface area contributed by atoms with Gasteiger partial charge in [-0.15, -0.1) is 0 Å². The second kappa shape index (κ2) is 7.60. The van der Waals surface area contributed by atoms with Crippen LogP contribution >= 0.6 is 0 Å². The van der Waals surface area contributed by atoms with Gasteiger partial charge in [0.05, 0.1) is 12.1 Å². The van der Waals surface area contributed by atoms with E-state index in [1.807, 2.05) is 19.1 Å². The van der Waals surface area contributed by atoms with E-state index >= 15 is 0 Å². The summed E-state index contributed by atoms with van der Waals surface area (Å²) < 4.78 is 5.75. The quantitative estimate of drug-likeness (QED) is 0.588. The van der Waals surface area contributed by atoms with Crippen LogP contribution in [0.2, 0.25) is 0 Å². The van der Waals surface area contributed by atoms with E-state index in [-0.39, 0.29) is 5.78 Å². The predicted octanol–water partition coefficient (Wildman–Crippen LogP) is 5.97. The lowest BCUT2D eigenvalue weighted by molar-refractivity contribution is -0.116. The summed E-state index contributed by atoms with van der Waals surface area (Å²) in [7, 11) is 0. The second-order valence-electron chi connectivity index (χ2n) is 8.21. The van der Waals surface area contributed by atoms with E-state index in [9.17, 15) is 4.79 Å². The Bertz CT molecular complexity index is 1180. The predicted molar refractivity (Wildman–Crippen MR) is 121 cm³/mol. The number of benzene rings is 2. The minimum absolute atomic E-state index is 0.283. The van der Waals surface area contributed by atoms with Crippen molar-refractivity contribution < 1.29 is 9.53 Å². The third kappa shape index (κ3) is 3.26. The van der Waals surface area contributed by atoms with Crippen molar-refractivity contribution in [1.82, 2.24) is 4.98 Å². The number of aryl methyl sites for hydroxylation is 1. The van der Waals surface area contributed by atoms with Crippen LogP contribution in [0.5, 0.6) is 5.75 Å². The van der Waals surface area contributed by atoms with Crippen molar-refractivity contribution in [3.8, 4) is 16.9 Å². The number of aromatic nitrogens is 1. The standard InChI is InChI=1S/C26H26N2O2/c1-3-13-30-18-9-7-17(8-10-18)19-14-16(2)27-24-12-11-23-21(26(19)24)15-20-22(28-23)5-4-6-25(20)29/h7-12,14,28H,3-6,13,15H2,1-2H3. The molecule has 0 fully saturated rings. The summed E-state index contributed by atoms with van der Waals surface area (Å²) in [6.07, 6.45) is 4.22. The summed E-state index contributed by atoms with van der Waals surface area (Å²) in [5, 5.41) is 4.69. The van der Waals surface area contributed by atoms with Crippen molar-refractivity contribution in [3.63, 3.8) is 0 Å². The van der Waals surface area contributed by atoms with Crippen molar-refractivity contribution in [2.24, 2.45) is 0 Å². The normalized spacial score (nSPS) is 15.6. The minimum atomic E-state index is 0.283. The summed E-state index contributed by atoms with van der Waals surface area (Å²) in [4.78, 5) is 17.4. The number of nitrogens with zero attached hydrogens (tertiary/aromatic N) is 1. The molecule has 1 aliphatic carbocycles. The number of ether oxygens (including phenoxy) is 1. The molecule has 0 bridgehead atoms. The smallest absolute Gasteiger partial charge is 0.160 e. The first-order chi connectivity index (χ1) is 14.6. The monoisotopic (exact) mass is 398 g/mol. The lowest BCUT2D eigenvalue weighted by Gasteiger charge is -2.28. The van der Waals surface area contributed by atoms with Crippen molar-refractivity contribution in [2.75, 3.05) is 11.9 Å². The van der Waals surface area contributed by atoms with Gasteiger partial charge in [-0.25, -0.2) is 0 Å². The Morgan fingerprint density at radius 3 is 2.73 bits per heavy atom. The molecule has 4 nitrogen and oxygen atoms in total. The SMILES string of the molecule is CCCOc1ccc(-c2cc(C)nc3ccc4c(c23)CC2=C(CCCC2=O)N4)cc1. The number of carbonyl (C=O) groups excluding carboxylic acids is 1. The Hall–Kier alpha value is -3.14. The van der Waals surface area contributed by atoms with Crippen LogP contribution in [0, 0.1) is 6.92 Å². The van der Waals surface area contributed by atoms with E-state index in [1.165, 1.54) is 5.56 Å². The highest BCUT2D eigenvalue weighted by Crippen LogP contribution is 2.41. The Labute approximate surface area is 177 Å². The second-order valence-corrected chi connectivity index (χ2v) is 8.21. The van der Waals surface area contributed by atoms with Crippen molar-refractivity contribution in [2.45, 2.75) is 46.0 Å². The molecule has 1 aromatic heterocycles. The zero-order valence-corrected chi connectivity index (χ0v) is 17.5.